The van der Waals surface area contributed by atoms with Crippen molar-refractivity contribution in [2.75, 3.05) is 32.2 Å². The summed E-state index contributed by atoms with van der Waals surface area (Å²) in [7, 11) is 1.32. The molecule has 3 rings (SSSR count). The molecule has 0 spiro atoms. The van der Waals surface area contributed by atoms with Crippen LogP contribution in [0.25, 0.3) is 0 Å². The molecule has 0 amide bonds. The molecule has 132 valence electrons. The van der Waals surface area contributed by atoms with E-state index >= 15 is 0 Å². The quantitative estimate of drug-likeness (QED) is 0.769. The number of methoxy groups -OCH3 is 1. The van der Waals surface area contributed by atoms with Crippen LogP contribution in [0.5, 0.6) is 0 Å². The lowest BCUT2D eigenvalue weighted by Gasteiger charge is -2.38. The van der Waals surface area contributed by atoms with Crippen LogP contribution in [0.2, 0.25) is 0 Å². The zero-order chi connectivity index (χ0) is 17.7. The molecular formula is C18H20BrN3O3. The van der Waals surface area contributed by atoms with E-state index in [1.165, 1.54) is 12.7 Å². The first kappa shape index (κ1) is 17.8. The number of hydrogen-bond donors (Lipinski definition) is 1. The number of nitrogens with one attached hydrogen (secondary N) is 1. The molecule has 2 heterocycles. The number of aromatic nitrogens is 2. The lowest BCUT2D eigenvalue weighted by atomic mass is 9.74. The van der Waals surface area contributed by atoms with Gasteiger partial charge in [-0.3, -0.25) is 0 Å². The molecule has 1 aromatic carbocycles. The number of halogens is 1. The molecule has 1 aliphatic rings. The average Bonchev–Trinajstić information content (AvgIpc) is 2.67. The van der Waals surface area contributed by atoms with Gasteiger partial charge in [-0.15, -0.1) is 10.2 Å². The van der Waals surface area contributed by atoms with Gasteiger partial charge in [0.2, 0.25) is 0 Å². The number of benzene rings is 1. The average molecular weight is 406 g/mol. The third-order valence-corrected chi connectivity index (χ3v) is 5.05. The highest BCUT2D eigenvalue weighted by Gasteiger charge is 2.34. The Labute approximate surface area is 155 Å². The Morgan fingerprint density at radius 3 is 2.72 bits per heavy atom. The SMILES string of the molecule is COC(=O)c1ccc(NCC2(c3cccc(Br)c3)CCOCC2)nn1. The van der Waals surface area contributed by atoms with Gasteiger partial charge in [0, 0.05) is 29.6 Å². The smallest absolute Gasteiger partial charge is 0.358 e. The van der Waals surface area contributed by atoms with Gasteiger partial charge in [0.25, 0.3) is 0 Å². The van der Waals surface area contributed by atoms with Gasteiger partial charge in [-0.1, -0.05) is 28.1 Å². The monoisotopic (exact) mass is 405 g/mol. The third-order valence-electron chi connectivity index (χ3n) is 4.55. The highest BCUT2D eigenvalue weighted by atomic mass is 79.9. The van der Waals surface area contributed by atoms with Crippen LogP contribution in [-0.4, -0.2) is 43.0 Å². The maximum atomic E-state index is 11.4. The largest absolute Gasteiger partial charge is 0.464 e. The molecular weight excluding hydrogens is 386 g/mol. The number of hydrogen-bond acceptors (Lipinski definition) is 6. The minimum Gasteiger partial charge on any atom is -0.464 e. The molecule has 1 saturated heterocycles. The van der Waals surface area contributed by atoms with E-state index in [1.807, 2.05) is 6.07 Å². The molecule has 1 aromatic heterocycles. The molecule has 1 aliphatic heterocycles. The van der Waals surface area contributed by atoms with Crippen LogP contribution >= 0.6 is 15.9 Å². The third kappa shape index (κ3) is 4.16. The Hall–Kier alpha value is -1.99. The number of carbonyl (C=O) groups excluding carboxylic acids is 1. The predicted octanol–water partition coefficient (Wildman–Crippen LogP) is 3.19. The summed E-state index contributed by atoms with van der Waals surface area (Å²) >= 11 is 3.56. The minimum absolute atomic E-state index is 0.0231. The number of carbonyl (C=O) groups is 1. The van der Waals surface area contributed by atoms with Gasteiger partial charge in [-0.2, -0.15) is 0 Å². The first-order valence-electron chi connectivity index (χ1n) is 8.13. The number of nitrogens with zero attached hydrogens (tertiary/aromatic N) is 2. The van der Waals surface area contributed by atoms with Crippen LogP contribution in [0.3, 0.4) is 0 Å². The molecule has 0 bridgehead atoms. The molecule has 25 heavy (non-hydrogen) atoms. The van der Waals surface area contributed by atoms with Crippen LogP contribution in [0.1, 0.15) is 28.9 Å². The number of rotatable bonds is 5. The van der Waals surface area contributed by atoms with Gasteiger partial charge >= 0.3 is 5.97 Å². The Balaban J connectivity index is 1.76. The summed E-state index contributed by atoms with van der Waals surface area (Å²) in [6, 6.07) is 11.8. The number of esters is 1. The van der Waals surface area contributed by atoms with E-state index in [-0.39, 0.29) is 11.1 Å². The second kappa shape index (κ2) is 7.93. The van der Waals surface area contributed by atoms with Crippen molar-refractivity contribution in [3.8, 4) is 0 Å². The van der Waals surface area contributed by atoms with Crippen molar-refractivity contribution in [1.82, 2.24) is 10.2 Å². The van der Waals surface area contributed by atoms with Crippen molar-refractivity contribution in [2.45, 2.75) is 18.3 Å². The minimum atomic E-state index is -0.492. The van der Waals surface area contributed by atoms with Crippen LogP contribution < -0.4 is 5.32 Å². The summed E-state index contributed by atoms with van der Waals surface area (Å²) in [5.74, 6) is 0.141. The Morgan fingerprint density at radius 2 is 2.08 bits per heavy atom. The van der Waals surface area contributed by atoms with Gasteiger partial charge < -0.3 is 14.8 Å². The van der Waals surface area contributed by atoms with Crippen molar-refractivity contribution >= 4 is 27.7 Å². The maximum Gasteiger partial charge on any atom is 0.358 e. The summed E-state index contributed by atoms with van der Waals surface area (Å²) in [6.07, 6.45) is 1.87. The number of ether oxygens (including phenoxy) is 2. The highest BCUT2D eigenvalue weighted by Crippen LogP contribution is 2.36. The molecule has 1 N–H and O–H groups in total. The van der Waals surface area contributed by atoms with E-state index in [1.54, 1.807) is 12.1 Å². The Kier molecular flexibility index (Phi) is 5.65. The molecule has 0 radical (unpaired) electrons. The van der Waals surface area contributed by atoms with Crippen molar-refractivity contribution in [1.29, 1.82) is 0 Å². The van der Waals surface area contributed by atoms with Gasteiger partial charge in [0.1, 0.15) is 5.82 Å². The fraction of sp³-hybridized carbons (Fsp3) is 0.389. The van der Waals surface area contributed by atoms with Crippen molar-refractivity contribution in [3.63, 3.8) is 0 Å². The molecule has 7 heteroatoms. The van der Waals surface area contributed by atoms with E-state index in [0.717, 1.165) is 37.1 Å². The number of anilines is 1. The lowest BCUT2D eigenvalue weighted by molar-refractivity contribution is 0.0543. The van der Waals surface area contributed by atoms with Crippen molar-refractivity contribution in [2.24, 2.45) is 0 Å². The van der Waals surface area contributed by atoms with E-state index in [2.05, 4.69) is 54.4 Å². The normalized spacial score (nSPS) is 16.2. The Morgan fingerprint density at radius 1 is 1.28 bits per heavy atom. The molecule has 0 atom stereocenters. The van der Waals surface area contributed by atoms with Gasteiger partial charge in [-0.25, -0.2) is 4.79 Å². The zero-order valence-electron chi connectivity index (χ0n) is 14.0. The molecule has 2 aromatic rings. The summed E-state index contributed by atoms with van der Waals surface area (Å²) < 4.78 is 11.3. The second-order valence-corrected chi connectivity index (χ2v) is 6.97. The van der Waals surface area contributed by atoms with Crippen molar-refractivity contribution < 1.29 is 14.3 Å². The van der Waals surface area contributed by atoms with Crippen LogP contribution in [0.15, 0.2) is 40.9 Å². The van der Waals surface area contributed by atoms with E-state index in [9.17, 15) is 4.79 Å². The first-order chi connectivity index (χ1) is 12.1. The van der Waals surface area contributed by atoms with Gasteiger partial charge in [0.15, 0.2) is 5.69 Å². The fourth-order valence-corrected chi connectivity index (χ4v) is 3.45. The first-order valence-corrected chi connectivity index (χ1v) is 8.92. The summed E-state index contributed by atoms with van der Waals surface area (Å²) in [4.78, 5) is 11.4. The summed E-state index contributed by atoms with van der Waals surface area (Å²) in [6.45, 7) is 2.20. The van der Waals surface area contributed by atoms with Crippen molar-refractivity contribution in [3.05, 3.63) is 52.1 Å². The highest BCUT2D eigenvalue weighted by molar-refractivity contribution is 9.10. The molecule has 0 unspecified atom stereocenters. The van der Waals surface area contributed by atoms with Crippen LogP contribution in [0, 0.1) is 0 Å². The standard InChI is InChI=1S/C18H20BrN3O3/c1-24-17(23)15-5-6-16(22-21-15)20-12-18(7-9-25-10-8-18)13-3-2-4-14(19)11-13/h2-6,11H,7-10,12H2,1H3,(H,20,22). The van der Waals surface area contributed by atoms with E-state index < -0.39 is 5.97 Å². The van der Waals surface area contributed by atoms with Gasteiger partial charge in [-0.05, 0) is 42.7 Å². The summed E-state index contributed by atoms with van der Waals surface area (Å²) in [5, 5.41) is 11.3. The molecule has 6 nitrogen and oxygen atoms in total. The fourth-order valence-electron chi connectivity index (χ4n) is 3.05. The lowest BCUT2D eigenvalue weighted by Crippen LogP contribution is -2.40. The molecule has 0 aliphatic carbocycles. The predicted molar refractivity (Wildman–Crippen MR) is 97.7 cm³/mol. The second-order valence-electron chi connectivity index (χ2n) is 6.05. The maximum absolute atomic E-state index is 11.4. The molecule has 1 fully saturated rings. The zero-order valence-corrected chi connectivity index (χ0v) is 15.6. The summed E-state index contributed by atoms with van der Waals surface area (Å²) in [5.41, 5.74) is 1.45. The Bertz CT molecular complexity index is 731. The van der Waals surface area contributed by atoms with Gasteiger partial charge in [0.05, 0.1) is 7.11 Å². The van der Waals surface area contributed by atoms with E-state index in [0.29, 0.717) is 5.82 Å². The van der Waals surface area contributed by atoms with Crippen LogP contribution in [0.4, 0.5) is 5.82 Å². The van der Waals surface area contributed by atoms with E-state index in [4.69, 9.17) is 4.74 Å². The molecule has 0 saturated carbocycles. The van der Waals surface area contributed by atoms with Crippen LogP contribution in [-0.2, 0) is 14.9 Å². The topological polar surface area (TPSA) is 73.3 Å².